The fourth-order valence-corrected chi connectivity index (χ4v) is 5.31. The minimum Gasteiger partial charge on any atom is -0.389 e. The third-order valence-corrected chi connectivity index (χ3v) is 6.86. The third kappa shape index (κ3) is 5.20. The molecule has 0 bridgehead atoms. The van der Waals surface area contributed by atoms with E-state index in [0.717, 1.165) is 34.2 Å². The maximum absolute atomic E-state index is 13.6. The Hall–Kier alpha value is -2.72. The Morgan fingerprint density at radius 1 is 1.36 bits per heavy atom. The Morgan fingerprint density at radius 2 is 2.17 bits per heavy atom. The number of amides is 1. The summed E-state index contributed by atoms with van der Waals surface area (Å²) in [6, 6.07) is 5.07. The van der Waals surface area contributed by atoms with E-state index in [4.69, 9.17) is 16.3 Å². The second-order valence-electron chi connectivity index (χ2n) is 10.9. The van der Waals surface area contributed by atoms with Crippen LogP contribution in [0.25, 0.3) is 21.8 Å². The lowest BCUT2D eigenvalue weighted by molar-refractivity contribution is -0.141. The zero-order chi connectivity index (χ0) is 25.7. The number of pyridine rings is 1. The van der Waals surface area contributed by atoms with Crippen LogP contribution in [0.2, 0.25) is 5.02 Å². The predicted molar refractivity (Wildman–Crippen MR) is 143 cm³/mol. The topological polar surface area (TPSA) is 106 Å². The molecule has 0 unspecified atom stereocenters. The van der Waals surface area contributed by atoms with Crippen molar-refractivity contribution in [3.05, 3.63) is 35.6 Å². The Balaban J connectivity index is 1.40. The summed E-state index contributed by atoms with van der Waals surface area (Å²) in [5.41, 5.74) is 1.06. The first-order chi connectivity index (χ1) is 17.0. The number of nitrogens with zero attached hydrogens (tertiary/aromatic N) is 4. The summed E-state index contributed by atoms with van der Waals surface area (Å²) in [5, 5.41) is 15.9. The van der Waals surface area contributed by atoms with E-state index in [1.165, 1.54) is 0 Å². The SMILES string of the molecule is CC(C)(O)CN1CCN=C1CN1CC(C)(C)OC[C@H]1C(=O)Nc1cc(Cl)cc2c1[nH]c1cnccc12. The van der Waals surface area contributed by atoms with Crippen LogP contribution in [-0.4, -0.2) is 93.2 Å². The van der Waals surface area contributed by atoms with Crippen LogP contribution in [0.15, 0.2) is 35.6 Å². The van der Waals surface area contributed by atoms with Gasteiger partial charge in [0, 0.05) is 41.6 Å². The molecular formula is C26H33ClN6O3. The predicted octanol–water partition coefficient (Wildman–Crippen LogP) is 3.27. The van der Waals surface area contributed by atoms with E-state index in [0.29, 0.717) is 36.9 Å². The summed E-state index contributed by atoms with van der Waals surface area (Å²) in [6.07, 6.45) is 3.50. The number of carbonyl (C=O) groups excluding carboxylic acids is 1. The van der Waals surface area contributed by atoms with Crippen LogP contribution in [0.5, 0.6) is 0 Å². The number of β-amino-alcohol motifs (C(OH)–C–C–N with tert-alkyl or cyclic N) is 1. The average molecular weight is 513 g/mol. The maximum Gasteiger partial charge on any atom is 0.244 e. The second-order valence-corrected chi connectivity index (χ2v) is 11.4. The molecule has 36 heavy (non-hydrogen) atoms. The normalized spacial score (nSPS) is 20.8. The highest BCUT2D eigenvalue weighted by Crippen LogP contribution is 2.33. The molecule has 2 aliphatic rings. The number of morpholine rings is 1. The molecule has 0 spiro atoms. The van der Waals surface area contributed by atoms with E-state index < -0.39 is 17.2 Å². The summed E-state index contributed by atoms with van der Waals surface area (Å²) in [5.74, 6) is 0.722. The van der Waals surface area contributed by atoms with Gasteiger partial charge in [0.05, 0.1) is 53.8 Å². The fourth-order valence-electron chi connectivity index (χ4n) is 5.09. The molecule has 1 fully saturated rings. The molecule has 5 rings (SSSR count). The molecule has 1 atom stereocenters. The van der Waals surface area contributed by atoms with E-state index in [1.807, 2.05) is 26.0 Å². The van der Waals surface area contributed by atoms with Gasteiger partial charge in [-0.2, -0.15) is 0 Å². The van der Waals surface area contributed by atoms with Crippen LogP contribution in [-0.2, 0) is 9.53 Å². The number of ether oxygens (including phenoxy) is 1. The van der Waals surface area contributed by atoms with Crippen molar-refractivity contribution < 1.29 is 14.6 Å². The Labute approximate surface area is 215 Å². The molecule has 3 N–H and O–H groups in total. The van der Waals surface area contributed by atoms with Gasteiger partial charge in [-0.05, 0) is 45.9 Å². The van der Waals surface area contributed by atoms with Crippen molar-refractivity contribution in [3.63, 3.8) is 0 Å². The number of anilines is 1. The van der Waals surface area contributed by atoms with Gasteiger partial charge in [-0.3, -0.25) is 19.7 Å². The van der Waals surface area contributed by atoms with Crippen LogP contribution in [0, 0.1) is 0 Å². The number of aliphatic imine (C=N–C) groups is 1. The molecule has 2 aliphatic heterocycles. The molecular weight excluding hydrogens is 480 g/mol. The van der Waals surface area contributed by atoms with Crippen LogP contribution < -0.4 is 5.32 Å². The highest BCUT2D eigenvalue weighted by atomic mass is 35.5. The zero-order valence-electron chi connectivity index (χ0n) is 21.1. The van der Waals surface area contributed by atoms with E-state index >= 15 is 0 Å². The van der Waals surface area contributed by atoms with Crippen molar-refractivity contribution in [2.24, 2.45) is 4.99 Å². The number of H-pyrrole nitrogens is 1. The number of aliphatic hydroxyl groups is 1. The zero-order valence-corrected chi connectivity index (χ0v) is 21.9. The summed E-state index contributed by atoms with van der Waals surface area (Å²) in [6.45, 7) is 10.9. The molecule has 9 nitrogen and oxygen atoms in total. The lowest BCUT2D eigenvalue weighted by Gasteiger charge is -2.43. The molecule has 0 saturated carbocycles. The van der Waals surface area contributed by atoms with Crippen LogP contribution >= 0.6 is 11.6 Å². The number of amidine groups is 1. The molecule has 4 heterocycles. The summed E-state index contributed by atoms with van der Waals surface area (Å²) in [4.78, 5) is 30.1. The standard InChI is InChI=1S/C26H33ClN6O3/c1-25(2,35)14-32-8-7-29-22(32)12-33-15-26(3,4)36-13-21(33)24(34)31-19-10-16(27)9-18-17-5-6-28-11-20(17)30-23(18)19/h5-6,9-11,21,30,35H,7-8,12-15H2,1-4H3,(H,31,34)/t21-/m0/s1. The second kappa shape index (κ2) is 9.30. The summed E-state index contributed by atoms with van der Waals surface area (Å²) in [7, 11) is 0. The quantitative estimate of drug-likeness (QED) is 0.468. The minimum atomic E-state index is -0.834. The van der Waals surface area contributed by atoms with Gasteiger partial charge in [0.25, 0.3) is 0 Å². The van der Waals surface area contributed by atoms with E-state index in [1.54, 1.807) is 32.3 Å². The smallest absolute Gasteiger partial charge is 0.244 e. The summed E-state index contributed by atoms with van der Waals surface area (Å²) >= 11 is 6.44. The highest BCUT2D eigenvalue weighted by molar-refractivity contribution is 6.33. The number of hydrogen-bond donors (Lipinski definition) is 3. The third-order valence-electron chi connectivity index (χ3n) is 6.64. The molecule has 3 aromatic rings. The highest BCUT2D eigenvalue weighted by Gasteiger charge is 2.39. The Bertz CT molecular complexity index is 1330. The maximum atomic E-state index is 13.6. The van der Waals surface area contributed by atoms with Crippen molar-refractivity contribution in [2.45, 2.75) is 44.9 Å². The molecule has 0 aliphatic carbocycles. The van der Waals surface area contributed by atoms with Gasteiger partial charge < -0.3 is 25.0 Å². The van der Waals surface area contributed by atoms with E-state index in [2.05, 4.69) is 30.1 Å². The van der Waals surface area contributed by atoms with Gasteiger partial charge in [-0.25, -0.2) is 0 Å². The molecule has 1 saturated heterocycles. The van der Waals surface area contributed by atoms with Crippen molar-refractivity contribution in [3.8, 4) is 0 Å². The Morgan fingerprint density at radius 3 is 2.94 bits per heavy atom. The van der Waals surface area contributed by atoms with Crippen molar-refractivity contribution in [1.82, 2.24) is 19.8 Å². The fraction of sp³-hybridized carbons (Fsp3) is 0.500. The van der Waals surface area contributed by atoms with Gasteiger partial charge in [0.1, 0.15) is 11.9 Å². The number of carbonyl (C=O) groups is 1. The average Bonchev–Trinajstić information content (AvgIpc) is 3.36. The van der Waals surface area contributed by atoms with Crippen LogP contribution in [0.1, 0.15) is 27.7 Å². The molecule has 10 heteroatoms. The number of benzene rings is 1. The number of aromatic nitrogens is 2. The molecule has 1 amide bonds. The monoisotopic (exact) mass is 512 g/mol. The molecule has 192 valence electrons. The number of hydrogen-bond acceptors (Lipinski definition) is 7. The molecule has 2 aromatic heterocycles. The van der Waals surface area contributed by atoms with Crippen molar-refractivity contribution in [2.75, 3.05) is 44.6 Å². The Kier molecular flexibility index (Phi) is 6.45. The van der Waals surface area contributed by atoms with E-state index in [9.17, 15) is 9.90 Å². The van der Waals surface area contributed by atoms with Gasteiger partial charge in [0.2, 0.25) is 5.91 Å². The van der Waals surface area contributed by atoms with Crippen LogP contribution in [0.4, 0.5) is 5.69 Å². The lowest BCUT2D eigenvalue weighted by Crippen LogP contribution is -2.60. The largest absolute Gasteiger partial charge is 0.389 e. The van der Waals surface area contributed by atoms with Gasteiger partial charge in [-0.1, -0.05) is 11.6 Å². The van der Waals surface area contributed by atoms with Gasteiger partial charge >= 0.3 is 0 Å². The van der Waals surface area contributed by atoms with Crippen LogP contribution in [0.3, 0.4) is 0 Å². The minimum absolute atomic E-state index is 0.168. The first kappa shape index (κ1) is 25.0. The van der Waals surface area contributed by atoms with Gasteiger partial charge in [-0.15, -0.1) is 0 Å². The number of fused-ring (bicyclic) bond motifs is 3. The number of nitrogens with one attached hydrogen (secondary N) is 2. The molecule has 0 radical (unpaired) electrons. The molecule has 1 aromatic carbocycles. The number of halogens is 1. The first-order valence-corrected chi connectivity index (χ1v) is 12.6. The summed E-state index contributed by atoms with van der Waals surface area (Å²) < 4.78 is 6.06. The lowest BCUT2D eigenvalue weighted by atomic mass is 10.0. The van der Waals surface area contributed by atoms with Crippen molar-refractivity contribution >= 4 is 50.8 Å². The first-order valence-electron chi connectivity index (χ1n) is 12.2. The number of aromatic amines is 1. The van der Waals surface area contributed by atoms with Crippen molar-refractivity contribution in [1.29, 1.82) is 0 Å². The number of rotatable bonds is 6. The van der Waals surface area contributed by atoms with E-state index in [-0.39, 0.29) is 12.5 Å². The van der Waals surface area contributed by atoms with Gasteiger partial charge in [0.15, 0.2) is 0 Å².